The Morgan fingerprint density at radius 2 is 1.73 bits per heavy atom. The van der Waals surface area contributed by atoms with Crippen LogP contribution >= 0.6 is 24.0 Å². The van der Waals surface area contributed by atoms with Gasteiger partial charge in [-0.05, 0) is 26.0 Å². The Morgan fingerprint density at radius 3 is 2.27 bits per heavy atom. The predicted octanol–water partition coefficient (Wildman–Crippen LogP) is 3.28. The lowest BCUT2D eigenvalue weighted by molar-refractivity contribution is -0.138. The molecule has 1 aromatic rings. The van der Waals surface area contributed by atoms with Crippen molar-refractivity contribution in [1.29, 1.82) is 0 Å². The topological polar surface area (TPSA) is 45.7 Å². The first kappa shape index (κ1) is 20.8. The molecule has 22 heavy (non-hydrogen) atoms. The normalized spacial score (nSPS) is 10.4. The van der Waals surface area contributed by atoms with Crippen molar-refractivity contribution < 1.29 is 17.9 Å². The van der Waals surface area contributed by atoms with Gasteiger partial charge in [-0.1, -0.05) is 12.1 Å². The Morgan fingerprint density at radius 1 is 1.14 bits per heavy atom. The van der Waals surface area contributed by atoms with Gasteiger partial charge in [0.05, 0.1) is 12.1 Å². The van der Waals surface area contributed by atoms with E-state index in [2.05, 4.69) is 15.6 Å². The fraction of sp³-hybridized carbons (Fsp3) is 0.500. The van der Waals surface area contributed by atoms with Crippen LogP contribution in [0.2, 0.25) is 0 Å². The Labute approximate surface area is 145 Å². The van der Waals surface area contributed by atoms with E-state index in [4.69, 9.17) is 4.74 Å². The van der Waals surface area contributed by atoms with Crippen LogP contribution in [0.3, 0.4) is 0 Å². The molecule has 1 aromatic carbocycles. The van der Waals surface area contributed by atoms with Gasteiger partial charge in [-0.25, -0.2) is 4.99 Å². The molecule has 0 atom stereocenters. The van der Waals surface area contributed by atoms with Crippen molar-refractivity contribution in [1.82, 2.24) is 10.6 Å². The standard InChI is InChI=1S/C14H20F3N3O.HI/c1-3-18-13(19-4-2)20-9-10-21-12-8-6-5-7-11(12)14(15,16)17;/h5-8H,3-4,9-10H2,1-2H3,(H2,18,19,20);1H. The Kier molecular flexibility index (Phi) is 9.95. The zero-order valence-electron chi connectivity index (χ0n) is 12.5. The molecule has 0 saturated heterocycles. The SMILES string of the molecule is CCNC(=NCCOc1ccccc1C(F)(F)F)NCC.I. The number of guanidine groups is 1. The van der Waals surface area contributed by atoms with Gasteiger partial charge in [0.15, 0.2) is 5.96 Å². The number of rotatable bonds is 6. The second kappa shape index (κ2) is 10.5. The van der Waals surface area contributed by atoms with Crippen molar-refractivity contribution in [3.05, 3.63) is 29.8 Å². The fourth-order valence-electron chi connectivity index (χ4n) is 1.65. The van der Waals surface area contributed by atoms with Gasteiger partial charge in [-0.2, -0.15) is 13.2 Å². The summed E-state index contributed by atoms with van der Waals surface area (Å²) in [6.07, 6.45) is -4.42. The van der Waals surface area contributed by atoms with Crippen LogP contribution in [0, 0.1) is 0 Å². The fourth-order valence-corrected chi connectivity index (χ4v) is 1.65. The van der Waals surface area contributed by atoms with Crippen LogP contribution < -0.4 is 15.4 Å². The van der Waals surface area contributed by atoms with E-state index in [0.29, 0.717) is 19.0 Å². The zero-order valence-corrected chi connectivity index (χ0v) is 14.9. The molecule has 0 radical (unpaired) electrons. The summed E-state index contributed by atoms with van der Waals surface area (Å²) in [6.45, 7) is 5.63. The molecule has 0 unspecified atom stereocenters. The first-order chi connectivity index (χ1) is 9.99. The predicted molar refractivity (Wildman–Crippen MR) is 92.0 cm³/mol. The number of para-hydroxylation sites is 1. The van der Waals surface area contributed by atoms with E-state index in [1.165, 1.54) is 18.2 Å². The molecular weight excluding hydrogens is 410 g/mol. The molecule has 0 heterocycles. The largest absolute Gasteiger partial charge is 0.491 e. The molecule has 0 aromatic heterocycles. The minimum Gasteiger partial charge on any atom is -0.491 e. The van der Waals surface area contributed by atoms with Crippen LogP contribution in [0.4, 0.5) is 13.2 Å². The molecule has 0 amide bonds. The van der Waals surface area contributed by atoms with E-state index in [1.54, 1.807) is 0 Å². The molecule has 0 aliphatic heterocycles. The lowest BCUT2D eigenvalue weighted by Gasteiger charge is -2.13. The van der Waals surface area contributed by atoms with E-state index in [0.717, 1.165) is 6.07 Å². The molecule has 0 aliphatic carbocycles. The molecule has 0 saturated carbocycles. The Hall–Kier alpha value is -1.19. The smallest absolute Gasteiger partial charge is 0.419 e. The molecule has 2 N–H and O–H groups in total. The highest BCUT2D eigenvalue weighted by atomic mass is 127. The van der Waals surface area contributed by atoms with Gasteiger partial charge in [-0.15, -0.1) is 24.0 Å². The van der Waals surface area contributed by atoms with Crippen LogP contribution in [0.25, 0.3) is 0 Å². The third kappa shape index (κ3) is 7.19. The van der Waals surface area contributed by atoms with Crippen molar-refractivity contribution >= 4 is 29.9 Å². The number of nitrogens with one attached hydrogen (secondary N) is 2. The van der Waals surface area contributed by atoms with Gasteiger partial charge in [0.1, 0.15) is 12.4 Å². The average Bonchev–Trinajstić information content (AvgIpc) is 2.43. The maximum absolute atomic E-state index is 12.8. The molecule has 0 spiro atoms. The molecule has 126 valence electrons. The van der Waals surface area contributed by atoms with Gasteiger partial charge < -0.3 is 15.4 Å². The lowest BCUT2D eigenvalue weighted by Crippen LogP contribution is -2.37. The number of benzene rings is 1. The quantitative estimate of drug-likeness (QED) is 0.315. The summed E-state index contributed by atoms with van der Waals surface area (Å²) in [5, 5.41) is 6.04. The third-order valence-corrected chi connectivity index (χ3v) is 2.50. The average molecular weight is 431 g/mol. The van der Waals surface area contributed by atoms with E-state index in [-0.39, 0.29) is 42.9 Å². The van der Waals surface area contributed by atoms with Crippen LogP contribution in [0.15, 0.2) is 29.3 Å². The van der Waals surface area contributed by atoms with Crippen molar-refractivity contribution in [2.75, 3.05) is 26.2 Å². The molecule has 4 nitrogen and oxygen atoms in total. The second-order valence-corrected chi connectivity index (χ2v) is 4.13. The number of nitrogens with zero attached hydrogens (tertiary/aromatic N) is 1. The summed E-state index contributed by atoms with van der Waals surface area (Å²) in [4.78, 5) is 4.20. The highest BCUT2D eigenvalue weighted by Gasteiger charge is 2.33. The van der Waals surface area contributed by atoms with Crippen LogP contribution in [-0.2, 0) is 6.18 Å². The molecule has 8 heteroatoms. The number of alkyl halides is 3. The third-order valence-electron chi connectivity index (χ3n) is 2.50. The van der Waals surface area contributed by atoms with Crippen LogP contribution in [0.5, 0.6) is 5.75 Å². The van der Waals surface area contributed by atoms with Gasteiger partial charge in [0.2, 0.25) is 0 Å². The number of aliphatic imine (C=N–C) groups is 1. The van der Waals surface area contributed by atoms with Gasteiger partial charge in [0, 0.05) is 13.1 Å². The molecule has 0 bridgehead atoms. The summed E-state index contributed by atoms with van der Waals surface area (Å²) in [5.41, 5.74) is -0.771. The summed E-state index contributed by atoms with van der Waals surface area (Å²) in [6, 6.07) is 5.15. The zero-order chi connectivity index (χ0) is 15.7. The van der Waals surface area contributed by atoms with Crippen molar-refractivity contribution in [3.8, 4) is 5.75 Å². The van der Waals surface area contributed by atoms with E-state index in [9.17, 15) is 13.2 Å². The number of hydrogen-bond donors (Lipinski definition) is 2. The number of ether oxygens (including phenoxy) is 1. The van der Waals surface area contributed by atoms with E-state index in [1.807, 2.05) is 13.8 Å². The molecule has 0 fully saturated rings. The summed E-state index contributed by atoms with van der Waals surface area (Å²) >= 11 is 0. The summed E-state index contributed by atoms with van der Waals surface area (Å²) in [5.74, 6) is 0.446. The minimum atomic E-state index is -4.42. The maximum atomic E-state index is 12.8. The summed E-state index contributed by atoms with van der Waals surface area (Å²) in [7, 11) is 0. The van der Waals surface area contributed by atoms with Crippen molar-refractivity contribution in [2.45, 2.75) is 20.0 Å². The van der Waals surface area contributed by atoms with Crippen molar-refractivity contribution in [3.63, 3.8) is 0 Å². The molecule has 0 aliphatic rings. The van der Waals surface area contributed by atoms with Crippen LogP contribution in [-0.4, -0.2) is 32.2 Å². The lowest BCUT2D eigenvalue weighted by atomic mass is 10.2. The second-order valence-electron chi connectivity index (χ2n) is 4.13. The summed E-state index contributed by atoms with van der Waals surface area (Å²) < 4.78 is 43.5. The van der Waals surface area contributed by atoms with Gasteiger partial charge >= 0.3 is 6.18 Å². The van der Waals surface area contributed by atoms with Gasteiger partial charge in [0.25, 0.3) is 0 Å². The van der Waals surface area contributed by atoms with E-state index < -0.39 is 11.7 Å². The monoisotopic (exact) mass is 431 g/mol. The van der Waals surface area contributed by atoms with Crippen LogP contribution in [0.1, 0.15) is 19.4 Å². The Balaban J connectivity index is 0.00000441. The van der Waals surface area contributed by atoms with E-state index >= 15 is 0 Å². The van der Waals surface area contributed by atoms with Crippen molar-refractivity contribution in [2.24, 2.45) is 4.99 Å². The number of hydrogen-bond acceptors (Lipinski definition) is 2. The van der Waals surface area contributed by atoms with Gasteiger partial charge in [-0.3, -0.25) is 0 Å². The number of halogens is 4. The highest BCUT2D eigenvalue weighted by Crippen LogP contribution is 2.35. The molecule has 1 rings (SSSR count). The molecular formula is C14H21F3IN3O. The first-order valence-electron chi connectivity index (χ1n) is 6.80. The maximum Gasteiger partial charge on any atom is 0.419 e. The first-order valence-corrected chi connectivity index (χ1v) is 6.80. The minimum absolute atomic E-state index is 0. The highest BCUT2D eigenvalue weighted by molar-refractivity contribution is 14.0. The Bertz CT molecular complexity index is 459.